The first kappa shape index (κ1) is 16.8. The van der Waals surface area contributed by atoms with E-state index in [2.05, 4.69) is 31.1 Å². The molecule has 0 aliphatic carbocycles. The second-order valence-corrected chi connectivity index (χ2v) is 6.89. The SMILES string of the molecule is CN(C)[C@H]1CCCCN(C(=O)c2ccc(-c3ccccc3)n2C)C1. The number of rotatable bonds is 3. The molecule has 0 saturated carbocycles. The van der Waals surface area contributed by atoms with Crippen molar-refractivity contribution in [1.82, 2.24) is 14.4 Å². The number of hydrogen-bond donors (Lipinski definition) is 0. The van der Waals surface area contributed by atoms with E-state index in [0.29, 0.717) is 6.04 Å². The van der Waals surface area contributed by atoms with Crippen LogP contribution in [0.15, 0.2) is 42.5 Å². The molecule has 0 N–H and O–H groups in total. The van der Waals surface area contributed by atoms with Crippen LogP contribution in [0.25, 0.3) is 11.3 Å². The zero-order valence-electron chi connectivity index (χ0n) is 14.9. The molecule has 4 heteroatoms. The third kappa shape index (κ3) is 3.39. The van der Waals surface area contributed by atoms with Crippen molar-refractivity contribution >= 4 is 5.91 Å². The first-order chi connectivity index (χ1) is 11.6. The van der Waals surface area contributed by atoms with Crippen molar-refractivity contribution in [3.05, 3.63) is 48.2 Å². The van der Waals surface area contributed by atoms with Crippen molar-refractivity contribution in [1.29, 1.82) is 0 Å². The Bertz CT molecular complexity index is 690. The van der Waals surface area contributed by atoms with Crippen LogP contribution < -0.4 is 0 Å². The van der Waals surface area contributed by atoms with Gasteiger partial charge in [0, 0.05) is 31.9 Å². The molecule has 128 valence electrons. The highest BCUT2D eigenvalue weighted by Gasteiger charge is 2.25. The van der Waals surface area contributed by atoms with E-state index in [1.165, 1.54) is 12.8 Å². The molecule has 1 atom stereocenters. The second-order valence-electron chi connectivity index (χ2n) is 6.89. The van der Waals surface area contributed by atoms with Crippen molar-refractivity contribution in [2.45, 2.75) is 25.3 Å². The molecule has 24 heavy (non-hydrogen) atoms. The van der Waals surface area contributed by atoms with Crippen molar-refractivity contribution in [3.63, 3.8) is 0 Å². The predicted octanol–water partition coefficient (Wildman–Crippen LogP) is 3.25. The van der Waals surface area contributed by atoms with Gasteiger partial charge in [0.2, 0.25) is 0 Å². The van der Waals surface area contributed by atoms with Crippen molar-refractivity contribution in [3.8, 4) is 11.3 Å². The summed E-state index contributed by atoms with van der Waals surface area (Å²) >= 11 is 0. The Labute approximate surface area is 144 Å². The molecule has 0 bridgehead atoms. The van der Waals surface area contributed by atoms with Gasteiger partial charge in [-0.05, 0) is 44.6 Å². The maximum atomic E-state index is 13.1. The van der Waals surface area contributed by atoms with E-state index in [1.54, 1.807) is 0 Å². The smallest absolute Gasteiger partial charge is 0.270 e. The minimum absolute atomic E-state index is 0.147. The standard InChI is InChI=1S/C20H27N3O/c1-21(2)17-11-7-8-14-23(15-17)20(24)19-13-12-18(22(19)3)16-9-5-4-6-10-16/h4-6,9-10,12-13,17H,7-8,11,14-15H2,1-3H3/t17-/m0/s1. The number of aromatic nitrogens is 1. The molecule has 1 saturated heterocycles. The van der Waals surface area contributed by atoms with Crippen molar-refractivity contribution in [2.75, 3.05) is 27.2 Å². The number of benzene rings is 1. The van der Waals surface area contributed by atoms with Gasteiger partial charge in [0.05, 0.1) is 0 Å². The molecule has 2 heterocycles. The summed E-state index contributed by atoms with van der Waals surface area (Å²) in [6.45, 7) is 1.67. The van der Waals surface area contributed by atoms with Gasteiger partial charge in [-0.1, -0.05) is 36.8 Å². The lowest BCUT2D eigenvalue weighted by Crippen LogP contribution is -2.42. The summed E-state index contributed by atoms with van der Waals surface area (Å²) in [7, 11) is 6.19. The van der Waals surface area contributed by atoms with Gasteiger partial charge in [-0.3, -0.25) is 4.79 Å². The number of carbonyl (C=O) groups excluding carboxylic acids is 1. The number of likely N-dealkylation sites (N-methyl/N-ethyl adjacent to an activating group) is 1. The Hall–Kier alpha value is -2.07. The molecule has 1 aromatic heterocycles. The molecule has 1 aliphatic heterocycles. The van der Waals surface area contributed by atoms with Crippen LogP contribution in [0, 0.1) is 0 Å². The molecule has 1 amide bonds. The number of likely N-dealkylation sites (tertiary alicyclic amines) is 1. The molecule has 4 nitrogen and oxygen atoms in total. The molecule has 0 unspecified atom stereocenters. The lowest BCUT2D eigenvalue weighted by atomic mass is 10.1. The van der Waals surface area contributed by atoms with Crippen LogP contribution in [0.5, 0.6) is 0 Å². The molecule has 0 radical (unpaired) electrons. The zero-order chi connectivity index (χ0) is 17.1. The summed E-state index contributed by atoms with van der Waals surface area (Å²) in [5.41, 5.74) is 2.99. The van der Waals surface area contributed by atoms with E-state index in [9.17, 15) is 4.79 Å². The lowest BCUT2D eigenvalue weighted by Gasteiger charge is -2.28. The molecular formula is C20H27N3O. The molecule has 2 aromatic rings. The number of carbonyl (C=O) groups is 1. The maximum absolute atomic E-state index is 13.1. The van der Waals surface area contributed by atoms with E-state index in [4.69, 9.17) is 0 Å². The van der Waals surface area contributed by atoms with Gasteiger partial charge in [0.25, 0.3) is 5.91 Å². The van der Waals surface area contributed by atoms with Gasteiger partial charge in [-0.15, -0.1) is 0 Å². The highest BCUT2D eigenvalue weighted by atomic mass is 16.2. The predicted molar refractivity (Wildman–Crippen MR) is 98.1 cm³/mol. The summed E-state index contributed by atoms with van der Waals surface area (Å²) in [5.74, 6) is 0.147. The molecule has 3 rings (SSSR count). The summed E-state index contributed by atoms with van der Waals surface area (Å²) in [6.07, 6.45) is 3.44. The Morgan fingerprint density at radius 1 is 1.08 bits per heavy atom. The van der Waals surface area contributed by atoms with Crippen LogP contribution >= 0.6 is 0 Å². The minimum atomic E-state index is 0.147. The first-order valence-corrected chi connectivity index (χ1v) is 8.75. The van der Waals surface area contributed by atoms with E-state index in [1.807, 2.05) is 46.8 Å². The van der Waals surface area contributed by atoms with Crippen LogP contribution in [-0.2, 0) is 7.05 Å². The highest BCUT2D eigenvalue weighted by Crippen LogP contribution is 2.23. The molecular weight excluding hydrogens is 298 g/mol. The normalized spacial score (nSPS) is 18.7. The van der Waals surface area contributed by atoms with Gasteiger partial charge in [-0.2, -0.15) is 0 Å². The van der Waals surface area contributed by atoms with Gasteiger partial charge in [0.1, 0.15) is 5.69 Å². The van der Waals surface area contributed by atoms with E-state index < -0.39 is 0 Å². The fourth-order valence-electron chi connectivity index (χ4n) is 3.51. The lowest BCUT2D eigenvalue weighted by molar-refractivity contribution is 0.0716. The summed E-state index contributed by atoms with van der Waals surface area (Å²) < 4.78 is 2.02. The van der Waals surface area contributed by atoms with Gasteiger partial charge in [-0.25, -0.2) is 0 Å². The molecule has 1 fully saturated rings. The topological polar surface area (TPSA) is 28.5 Å². The van der Waals surface area contributed by atoms with Crippen LogP contribution in [0.2, 0.25) is 0 Å². The van der Waals surface area contributed by atoms with E-state index >= 15 is 0 Å². The number of amides is 1. The molecule has 1 aromatic carbocycles. The van der Waals surface area contributed by atoms with Crippen LogP contribution in [0.1, 0.15) is 29.8 Å². The van der Waals surface area contributed by atoms with Crippen LogP contribution in [-0.4, -0.2) is 53.5 Å². The Kier molecular flexibility index (Phi) is 5.05. The first-order valence-electron chi connectivity index (χ1n) is 8.75. The van der Waals surface area contributed by atoms with Gasteiger partial charge in [0.15, 0.2) is 0 Å². The zero-order valence-corrected chi connectivity index (χ0v) is 14.9. The average molecular weight is 325 g/mol. The second kappa shape index (κ2) is 7.22. The summed E-state index contributed by atoms with van der Waals surface area (Å²) in [4.78, 5) is 17.3. The van der Waals surface area contributed by atoms with Crippen LogP contribution in [0.4, 0.5) is 0 Å². The summed E-state index contributed by atoms with van der Waals surface area (Å²) in [5, 5.41) is 0. The Morgan fingerprint density at radius 3 is 2.54 bits per heavy atom. The molecule has 1 aliphatic rings. The highest BCUT2D eigenvalue weighted by molar-refractivity contribution is 5.94. The average Bonchev–Trinajstić information content (AvgIpc) is 2.81. The number of hydrogen-bond acceptors (Lipinski definition) is 2. The van der Waals surface area contributed by atoms with E-state index in [0.717, 1.165) is 36.5 Å². The van der Waals surface area contributed by atoms with Crippen molar-refractivity contribution in [2.24, 2.45) is 7.05 Å². The van der Waals surface area contributed by atoms with Crippen LogP contribution in [0.3, 0.4) is 0 Å². The molecule has 0 spiro atoms. The monoisotopic (exact) mass is 325 g/mol. The number of nitrogens with zero attached hydrogens (tertiary/aromatic N) is 3. The largest absolute Gasteiger partial charge is 0.340 e. The van der Waals surface area contributed by atoms with Gasteiger partial charge < -0.3 is 14.4 Å². The van der Waals surface area contributed by atoms with E-state index in [-0.39, 0.29) is 5.91 Å². The third-order valence-corrected chi connectivity index (χ3v) is 5.07. The maximum Gasteiger partial charge on any atom is 0.270 e. The van der Waals surface area contributed by atoms with Gasteiger partial charge >= 0.3 is 0 Å². The quantitative estimate of drug-likeness (QED) is 0.867. The fourth-order valence-corrected chi connectivity index (χ4v) is 3.51. The third-order valence-electron chi connectivity index (χ3n) is 5.07. The van der Waals surface area contributed by atoms with Crippen molar-refractivity contribution < 1.29 is 4.79 Å². The minimum Gasteiger partial charge on any atom is -0.340 e. The fraction of sp³-hybridized carbons (Fsp3) is 0.450. The Balaban J connectivity index is 1.84. The summed E-state index contributed by atoms with van der Waals surface area (Å²) in [6, 6.07) is 14.7. The Morgan fingerprint density at radius 2 is 1.83 bits per heavy atom.